The van der Waals surface area contributed by atoms with Gasteiger partial charge in [0.25, 0.3) is 5.91 Å². The Balaban J connectivity index is 1.46. The first-order valence-corrected chi connectivity index (χ1v) is 9.77. The van der Waals surface area contributed by atoms with Crippen molar-refractivity contribution in [2.45, 2.75) is 25.3 Å². The number of anilines is 1. The van der Waals surface area contributed by atoms with Gasteiger partial charge in [-0.2, -0.15) is 5.26 Å². The lowest BCUT2D eigenvalue weighted by atomic mass is 10.0. The molecule has 0 aliphatic carbocycles. The fourth-order valence-corrected chi connectivity index (χ4v) is 4.01. The van der Waals surface area contributed by atoms with Gasteiger partial charge < -0.3 is 19.7 Å². The first-order valence-electron chi connectivity index (χ1n) is 9.77. The van der Waals surface area contributed by atoms with E-state index in [0.717, 1.165) is 37.3 Å². The van der Waals surface area contributed by atoms with E-state index < -0.39 is 0 Å². The number of para-hydroxylation sites is 1. The molecule has 2 aromatic rings. The number of likely N-dealkylation sites (tertiary alicyclic amines) is 1. The van der Waals surface area contributed by atoms with E-state index >= 15 is 0 Å². The second-order valence-electron chi connectivity index (χ2n) is 7.24. The maximum atomic E-state index is 12.6. The number of amides is 1. The average Bonchev–Trinajstić information content (AvgIpc) is 3.03. The number of hydrogen-bond donors (Lipinski definition) is 2. The van der Waals surface area contributed by atoms with Crippen LogP contribution in [0.25, 0.3) is 0 Å². The Labute approximate surface area is 164 Å². The van der Waals surface area contributed by atoms with Crippen LogP contribution in [-0.2, 0) is 4.79 Å². The standard InChI is InChI=1S/C22H23N3O3/c23-14-17-5-1-2-6-18(17)24-22(26)15-25-10-3-7-19(25)16-8-9-20-21(13-16)28-12-4-11-27-20/h1-2,5-6,8-9,13,19H,3-4,7,10-12,15H2,(H,24,26)/p+1/t19-/m1/s1. The van der Waals surface area contributed by atoms with Gasteiger partial charge >= 0.3 is 0 Å². The molecule has 1 fully saturated rings. The molecule has 0 aromatic heterocycles. The maximum Gasteiger partial charge on any atom is 0.279 e. The van der Waals surface area contributed by atoms with Crippen molar-refractivity contribution in [3.63, 3.8) is 0 Å². The number of hydrogen-bond acceptors (Lipinski definition) is 4. The van der Waals surface area contributed by atoms with Crippen molar-refractivity contribution in [2.24, 2.45) is 0 Å². The molecule has 4 rings (SSSR count). The Bertz CT molecular complexity index is 906. The maximum absolute atomic E-state index is 12.6. The lowest BCUT2D eigenvalue weighted by Crippen LogP contribution is -3.11. The molecule has 2 atom stereocenters. The minimum atomic E-state index is -0.0704. The van der Waals surface area contributed by atoms with Crippen LogP contribution in [-0.4, -0.2) is 32.2 Å². The molecule has 2 heterocycles. The second-order valence-corrected chi connectivity index (χ2v) is 7.24. The Morgan fingerprint density at radius 1 is 1.14 bits per heavy atom. The number of benzene rings is 2. The number of nitriles is 1. The largest absolute Gasteiger partial charge is 0.490 e. The summed E-state index contributed by atoms with van der Waals surface area (Å²) >= 11 is 0. The van der Waals surface area contributed by atoms with Gasteiger partial charge in [0.1, 0.15) is 12.1 Å². The molecule has 0 radical (unpaired) electrons. The molecule has 1 saturated heterocycles. The molecule has 2 aliphatic rings. The minimum Gasteiger partial charge on any atom is -0.490 e. The monoisotopic (exact) mass is 378 g/mol. The summed E-state index contributed by atoms with van der Waals surface area (Å²) in [7, 11) is 0. The van der Waals surface area contributed by atoms with Gasteiger partial charge in [0, 0.05) is 24.8 Å². The molecule has 6 heteroatoms. The van der Waals surface area contributed by atoms with Gasteiger partial charge in [-0.1, -0.05) is 12.1 Å². The summed E-state index contributed by atoms with van der Waals surface area (Å²) < 4.78 is 11.5. The molecule has 0 spiro atoms. The van der Waals surface area contributed by atoms with Gasteiger partial charge in [-0.3, -0.25) is 4.79 Å². The number of fused-ring (bicyclic) bond motifs is 1. The Morgan fingerprint density at radius 3 is 2.82 bits per heavy atom. The Hall–Kier alpha value is -3.04. The highest BCUT2D eigenvalue weighted by Crippen LogP contribution is 2.33. The van der Waals surface area contributed by atoms with Crippen LogP contribution in [0.2, 0.25) is 0 Å². The van der Waals surface area contributed by atoms with Gasteiger partial charge in [-0.05, 0) is 30.3 Å². The van der Waals surface area contributed by atoms with Crippen molar-refractivity contribution in [1.82, 2.24) is 0 Å². The summed E-state index contributed by atoms with van der Waals surface area (Å²) in [5.41, 5.74) is 2.23. The van der Waals surface area contributed by atoms with Gasteiger partial charge in [0.2, 0.25) is 0 Å². The van der Waals surface area contributed by atoms with Gasteiger partial charge in [0.05, 0.1) is 31.0 Å². The summed E-state index contributed by atoms with van der Waals surface area (Å²) in [5, 5.41) is 12.1. The number of ether oxygens (including phenoxy) is 2. The van der Waals surface area contributed by atoms with E-state index in [2.05, 4.69) is 23.5 Å². The molecular formula is C22H24N3O3+. The highest BCUT2D eigenvalue weighted by atomic mass is 16.5. The van der Waals surface area contributed by atoms with Crippen LogP contribution in [0, 0.1) is 11.3 Å². The van der Waals surface area contributed by atoms with Crippen LogP contribution in [0.5, 0.6) is 11.5 Å². The van der Waals surface area contributed by atoms with Crippen LogP contribution in [0.4, 0.5) is 5.69 Å². The van der Waals surface area contributed by atoms with E-state index in [-0.39, 0.29) is 11.9 Å². The minimum absolute atomic E-state index is 0.0704. The first-order chi connectivity index (χ1) is 13.7. The third-order valence-electron chi connectivity index (χ3n) is 5.37. The number of carbonyl (C=O) groups is 1. The number of quaternary nitrogens is 1. The summed E-state index contributed by atoms with van der Waals surface area (Å²) in [6, 6.07) is 15.6. The SMILES string of the molecule is N#Cc1ccccc1NC(=O)C[NH+]1CCC[C@@H]1c1ccc2c(c1)OCCCO2. The van der Waals surface area contributed by atoms with Crippen LogP contribution in [0.15, 0.2) is 42.5 Å². The predicted molar refractivity (Wildman–Crippen MR) is 105 cm³/mol. The van der Waals surface area contributed by atoms with Crippen molar-refractivity contribution in [1.29, 1.82) is 5.26 Å². The smallest absolute Gasteiger partial charge is 0.279 e. The zero-order chi connectivity index (χ0) is 19.3. The van der Waals surface area contributed by atoms with Crippen LogP contribution in [0.3, 0.4) is 0 Å². The number of rotatable bonds is 4. The highest BCUT2D eigenvalue weighted by Gasteiger charge is 2.32. The molecule has 1 unspecified atom stereocenters. The topological polar surface area (TPSA) is 75.8 Å². The van der Waals surface area contributed by atoms with E-state index in [9.17, 15) is 10.1 Å². The van der Waals surface area contributed by atoms with E-state index in [1.54, 1.807) is 18.2 Å². The van der Waals surface area contributed by atoms with E-state index in [4.69, 9.17) is 9.47 Å². The molecule has 2 aliphatic heterocycles. The Kier molecular flexibility index (Phi) is 5.45. The summed E-state index contributed by atoms with van der Waals surface area (Å²) in [5.74, 6) is 1.53. The molecule has 2 aromatic carbocycles. The van der Waals surface area contributed by atoms with Crippen molar-refractivity contribution in [2.75, 3.05) is 31.6 Å². The molecule has 0 saturated carbocycles. The second kappa shape index (κ2) is 8.32. The van der Waals surface area contributed by atoms with Gasteiger partial charge in [-0.25, -0.2) is 0 Å². The average molecular weight is 378 g/mol. The molecular weight excluding hydrogens is 354 g/mol. The molecule has 28 heavy (non-hydrogen) atoms. The molecule has 6 nitrogen and oxygen atoms in total. The van der Waals surface area contributed by atoms with Crippen LogP contribution < -0.4 is 19.7 Å². The van der Waals surface area contributed by atoms with E-state index in [0.29, 0.717) is 31.0 Å². The van der Waals surface area contributed by atoms with Gasteiger partial charge in [-0.15, -0.1) is 0 Å². The third-order valence-corrected chi connectivity index (χ3v) is 5.37. The number of carbonyl (C=O) groups excluding carboxylic acids is 1. The summed E-state index contributed by atoms with van der Waals surface area (Å²) in [6.07, 6.45) is 3.00. The Morgan fingerprint density at radius 2 is 1.96 bits per heavy atom. The summed E-state index contributed by atoms with van der Waals surface area (Å²) in [4.78, 5) is 13.8. The van der Waals surface area contributed by atoms with E-state index in [1.807, 2.05) is 12.1 Å². The normalized spacial score (nSPS) is 20.8. The number of nitrogens with zero attached hydrogens (tertiary/aromatic N) is 1. The quantitative estimate of drug-likeness (QED) is 0.854. The fraction of sp³-hybridized carbons (Fsp3) is 0.364. The molecule has 2 N–H and O–H groups in total. The van der Waals surface area contributed by atoms with E-state index in [1.165, 1.54) is 10.5 Å². The zero-order valence-corrected chi connectivity index (χ0v) is 15.7. The van der Waals surface area contributed by atoms with Crippen LogP contribution >= 0.6 is 0 Å². The fourth-order valence-electron chi connectivity index (χ4n) is 4.01. The van der Waals surface area contributed by atoms with Crippen molar-refractivity contribution >= 4 is 11.6 Å². The molecule has 1 amide bonds. The van der Waals surface area contributed by atoms with Crippen LogP contribution in [0.1, 0.15) is 36.4 Å². The predicted octanol–water partition coefficient (Wildman–Crippen LogP) is 2.08. The number of nitrogens with one attached hydrogen (secondary N) is 2. The summed E-state index contributed by atoms with van der Waals surface area (Å²) in [6.45, 7) is 2.67. The van der Waals surface area contributed by atoms with Crippen molar-refractivity contribution < 1.29 is 19.2 Å². The van der Waals surface area contributed by atoms with Crippen molar-refractivity contribution in [3.05, 3.63) is 53.6 Å². The molecule has 144 valence electrons. The third kappa shape index (κ3) is 3.95. The zero-order valence-electron chi connectivity index (χ0n) is 15.7. The van der Waals surface area contributed by atoms with Gasteiger partial charge in [0.15, 0.2) is 18.0 Å². The first kappa shape index (κ1) is 18.3. The molecule has 0 bridgehead atoms. The lowest BCUT2D eigenvalue weighted by Gasteiger charge is -2.22. The van der Waals surface area contributed by atoms with Crippen molar-refractivity contribution in [3.8, 4) is 17.6 Å². The highest BCUT2D eigenvalue weighted by molar-refractivity contribution is 5.92. The lowest BCUT2D eigenvalue weighted by molar-refractivity contribution is -0.910.